The Morgan fingerprint density at radius 3 is 2.87 bits per heavy atom. The zero-order valence-electron chi connectivity index (χ0n) is 8.42. The van der Waals surface area contributed by atoms with E-state index in [1.165, 1.54) is 30.5 Å². The highest BCUT2D eigenvalue weighted by Gasteiger charge is 2.14. The van der Waals surface area contributed by atoms with Crippen molar-refractivity contribution < 1.29 is 4.52 Å². The summed E-state index contributed by atoms with van der Waals surface area (Å²) in [5.41, 5.74) is 10.1. The van der Waals surface area contributed by atoms with Crippen LogP contribution in [-0.4, -0.2) is 10.1 Å². The maximum absolute atomic E-state index is 5.50. The molecule has 3 N–H and O–H groups in total. The van der Waals surface area contributed by atoms with E-state index in [2.05, 4.69) is 16.2 Å². The molecule has 15 heavy (non-hydrogen) atoms. The first-order chi connectivity index (χ1) is 7.33. The number of H-pyrrole nitrogens is 1. The molecular formula is C11H13N3O. The summed E-state index contributed by atoms with van der Waals surface area (Å²) in [6.45, 7) is 0. The number of aryl methyl sites for hydroxylation is 2. The third-order valence-electron chi connectivity index (χ3n) is 2.92. The molecular weight excluding hydrogens is 190 g/mol. The fourth-order valence-corrected chi connectivity index (χ4v) is 2.16. The molecule has 2 aromatic rings. The standard InChI is InChI=1S/C11H13N3O/c12-11-6-10(14-15-11)9-5-7-3-1-2-4-8(7)13-9/h5-6,13H,1-4,12H2. The molecule has 1 aliphatic carbocycles. The number of fused-ring (bicyclic) bond motifs is 1. The van der Waals surface area contributed by atoms with Crippen LogP contribution in [0.25, 0.3) is 11.4 Å². The zero-order valence-corrected chi connectivity index (χ0v) is 8.42. The molecule has 0 fully saturated rings. The highest BCUT2D eigenvalue weighted by Crippen LogP contribution is 2.27. The summed E-state index contributed by atoms with van der Waals surface area (Å²) in [7, 11) is 0. The van der Waals surface area contributed by atoms with Gasteiger partial charge in [0, 0.05) is 11.8 Å². The van der Waals surface area contributed by atoms with E-state index in [1.54, 1.807) is 6.07 Å². The van der Waals surface area contributed by atoms with Crippen LogP contribution in [0, 0.1) is 0 Å². The van der Waals surface area contributed by atoms with Gasteiger partial charge in [-0.15, -0.1) is 0 Å². The molecule has 1 aliphatic rings. The molecule has 2 aromatic heterocycles. The molecule has 0 saturated heterocycles. The predicted octanol–water partition coefficient (Wildman–Crippen LogP) is 2.13. The lowest BCUT2D eigenvalue weighted by Crippen LogP contribution is -1.99. The highest BCUT2D eigenvalue weighted by molar-refractivity contribution is 5.59. The normalized spacial score (nSPS) is 15.2. The minimum absolute atomic E-state index is 0.359. The molecule has 3 rings (SSSR count). The lowest BCUT2D eigenvalue weighted by Gasteiger charge is -2.08. The van der Waals surface area contributed by atoms with Gasteiger partial charge in [-0.3, -0.25) is 0 Å². The third kappa shape index (κ3) is 1.42. The zero-order chi connectivity index (χ0) is 10.3. The molecule has 0 spiro atoms. The van der Waals surface area contributed by atoms with Gasteiger partial charge in [-0.25, -0.2) is 0 Å². The summed E-state index contributed by atoms with van der Waals surface area (Å²) in [5.74, 6) is 0.359. The van der Waals surface area contributed by atoms with Gasteiger partial charge in [0.2, 0.25) is 5.88 Å². The van der Waals surface area contributed by atoms with Gasteiger partial charge in [-0.1, -0.05) is 5.16 Å². The van der Waals surface area contributed by atoms with Crippen LogP contribution in [0.1, 0.15) is 24.1 Å². The van der Waals surface area contributed by atoms with Crippen LogP contribution in [0.5, 0.6) is 0 Å². The first kappa shape index (κ1) is 8.59. The van der Waals surface area contributed by atoms with Crippen LogP contribution in [0.4, 0.5) is 5.88 Å². The number of rotatable bonds is 1. The number of aromatic amines is 1. The Kier molecular flexibility index (Phi) is 1.80. The third-order valence-corrected chi connectivity index (χ3v) is 2.92. The number of hydrogen-bond donors (Lipinski definition) is 2. The maximum Gasteiger partial charge on any atom is 0.222 e. The maximum atomic E-state index is 5.50. The van der Waals surface area contributed by atoms with E-state index >= 15 is 0 Å². The number of nitrogens with zero attached hydrogens (tertiary/aromatic N) is 1. The van der Waals surface area contributed by atoms with Crippen molar-refractivity contribution in [2.75, 3.05) is 5.73 Å². The second-order valence-electron chi connectivity index (χ2n) is 4.01. The van der Waals surface area contributed by atoms with Crippen LogP contribution in [-0.2, 0) is 12.8 Å². The van der Waals surface area contributed by atoms with Gasteiger partial charge >= 0.3 is 0 Å². The number of anilines is 1. The summed E-state index contributed by atoms with van der Waals surface area (Å²) in [5, 5.41) is 3.90. The molecule has 0 saturated carbocycles. The molecule has 4 heteroatoms. The number of hydrogen-bond acceptors (Lipinski definition) is 3. The largest absolute Gasteiger partial charge is 0.368 e. The molecule has 2 heterocycles. The van der Waals surface area contributed by atoms with Gasteiger partial charge in [-0.2, -0.15) is 0 Å². The molecule has 78 valence electrons. The molecule has 0 aliphatic heterocycles. The molecule has 0 radical (unpaired) electrons. The second-order valence-corrected chi connectivity index (χ2v) is 4.01. The number of nitrogens with two attached hydrogens (primary N) is 1. The molecule has 0 atom stereocenters. The van der Waals surface area contributed by atoms with Gasteiger partial charge in [0.15, 0.2) is 0 Å². The SMILES string of the molecule is Nc1cc(-c2cc3c([nH]2)CCCC3)no1. The quantitative estimate of drug-likeness (QED) is 0.746. The van der Waals surface area contributed by atoms with Crippen molar-refractivity contribution in [3.8, 4) is 11.4 Å². The van der Waals surface area contributed by atoms with E-state index in [0.717, 1.165) is 17.8 Å². The summed E-state index contributed by atoms with van der Waals surface area (Å²) < 4.78 is 4.86. The molecule has 0 unspecified atom stereocenters. The fourth-order valence-electron chi connectivity index (χ4n) is 2.16. The lowest BCUT2D eigenvalue weighted by atomic mass is 9.98. The Labute approximate surface area is 87.5 Å². The second kappa shape index (κ2) is 3.15. The van der Waals surface area contributed by atoms with Gasteiger partial charge < -0.3 is 15.2 Å². The topological polar surface area (TPSA) is 67.8 Å². The fraction of sp³-hybridized carbons (Fsp3) is 0.364. The van der Waals surface area contributed by atoms with Gasteiger partial charge in [0.05, 0.1) is 5.69 Å². The Balaban J connectivity index is 2.02. The van der Waals surface area contributed by atoms with E-state index in [4.69, 9.17) is 10.3 Å². The highest BCUT2D eigenvalue weighted by atomic mass is 16.5. The van der Waals surface area contributed by atoms with Crippen molar-refractivity contribution in [3.05, 3.63) is 23.4 Å². The average molecular weight is 203 g/mol. The molecule has 0 aromatic carbocycles. The van der Waals surface area contributed by atoms with E-state index < -0.39 is 0 Å². The van der Waals surface area contributed by atoms with Gasteiger partial charge in [0.1, 0.15) is 5.69 Å². The summed E-state index contributed by atoms with van der Waals surface area (Å²) in [6.07, 6.45) is 4.86. The van der Waals surface area contributed by atoms with Crippen LogP contribution in [0.3, 0.4) is 0 Å². The summed E-state index contributed by atoms with van der Waals surface area (Å²) in [6, 6.07) is 3.91. The number of nitrogens with one attached hydrogen (secondary N) is 1. The minimum atomic E-state index is 0.359. The van der Waals surface area contributed by atoms with Crippen LogP contribution < -0.4 is 5.73 Å². The van der Waals surface area contributed by atoms with Crippen LogP contribution in [0.15, 0.2) is 16.7 Å². The first-order valence-corrected chi connectivity index (χ1v) is 5.26. The van der Waals surface area contributed by atoms with E-state index in [-0.39, 0.29) is 0 Å². The average Bonchev–Trinajstić information content (AvgIpc) is 2.82. The van der Waals surface area contributed by atoms with Crippen molar-refractivity contribution in [2.24, 2.45) is 0 Å². The van der Waals surface area contributed by atoms with Crippen molar-refractivity contribution >= 4 is 5.88 Å². The van der Waals surface area contributed by atoms with Gasteiger partial charge in [0.25, 0.3) is 0 Å². The minimum Gasteiger partial charge on any atom is -0.368 e. The Bertz CT molecular complexity index is 460. The Hall–Kier alpha value is -1.71. The van der Waals surface area contributed by atoms with Crippen LogP contribution in [0.2, 0.25) is 0 Å². The van der Waals surface area contributed by atoms with E-state index in [9.17, 15) is 0 Å². The summed E-state index contributed by atoms with van der Waals surface area (Å²) in [4.78, 5) is 3.39. The molecule has 4 nitrogen and oxygen atoms in total. The van der Waals surface area contributed by atoms with Crippen molar-refractivity contribution in [1.82, 2.24) is 10.1 Å². The summed E-state index contributed by atoms with van der Waals surface area (Å²) >= 11 is 0. The predicted molar refractivity (Wildman–Crippen MR) is 57.3 cm³/mol. The van der Waals surface area contributed by atoms with Crippen LogP contribution >= 0.6 is 0 Å². The lowest BCUT2D eigenvalue weighted by molar-refractivity contribution is 0.439. The number of aromatic nitrogens is 2. The van der Waals surface area contributed by atoms with E-state index in [0.29, 0.717) is 5.88 Å². The van der Waals surface area contributed by atoms with Crippen molar-refractivity contribution in [3.63, 3.8) is 0 Å². The Morgan fingerprint density at radius 2 is 2.13 bits per heavy atom. The Morgan fingerprint density at radius 1 is 1.27 bits per heavy atom. The smallest absolute Gasteiger partial charge is 0.222 e. The van der Waals surface area contributed by atoms with Crippen molar-refractivity contribution in [2.45, 2.75) is 25.7 Å². The van der Waals surface area contributed by atoms with Crippen molar-refractivity contribution in [1.29, 1.82) is 0 Å². The van der Waals surface area contributed by atoms with E-state index in [1.807, 2.05) is 0 Å². The van der Waals surface area contributed by atoms with Gasteiger partial charge in [-0.05, 0) is 37.3 Å². The number of nitrogen functional groups attached to an aromatic ring is 1. The molecule has 0 bridgehead atoms. The monoisotopic (exact) mass is 203 g/mol. The first-order valence-electron chi connectivity index (χ1n) is 5.26. The molecule has 0 amide bonds.